The first-order valence-electron chi connectivity index (χ1n) is 7.75. The summed E-state index contributed by atoms with van der Waals surface area (Å²) >= 11 is 5.88. The van der Waals surface area contributed by atoms with E-state index >= 15 is 0 Å². The zero-order chi connectivity index (χ0) is 14.8. The standard InChI is InChI=1S/C17H20ClNO2/c18-14-8-6-12(7-9-14)10-13-11-16(20)19(17(13)21)15-4-2-1-3-5-15/h6-9,13,15H,1-5,10-11H2/t13-/m0/s1. The van der Waals surface area contributed by atoms with Crippen LogP contribution in [0.15, 0.2) is 24.3 Å². The van der Waals surface area contributed by atoms with Crippen molar-refractivity contribution in [1.82, 2.24) is 4.90 Å². The smallest absolute Gasteiger partial charge is 0.233 e. The Bertz CT molecular complexity index is 534. The van der Waals surface area contributed by atoms with E-state index in [0.29, 0.717) is 17.9 Å². The van der Waals surface area contributed by atoms with Gasteiger partial charge in [-0.2, -0.15) is 0 Å². The molecule has 0 aromatic heterocycles. The van der Waals surface area contributed by atoms with Crippen LogP contribution in [0.5, 0.6) is 0 Å². The summed E-state index contributed by atoms with van der Waals surface area (Å²) < 4.78 is 0. The van der Waals surface area contributed by atoms with Crippen molar-refractivity contribution in [3.05, 3.63) is 34.9 Å². The van der Waals surface area contributed by atoms with E-state index < -0.39 is 0 Å². The highest BCUT2D eigenvalue weighted by Gasteiger charge is 2.42. The molecule has 3 rings (SSSR count). The summed E-state index contributed by atoms with van der Waals surface area (Å²) in [6.45, 7) is 0. The average molecular weight is 306 g/mol. The van der Waals surface area contributed by atoms with E-state index in [-0.39, 0.29) is 23.8 Å². The molecule has 0 radical (unpaired) electrons. The van der Waals surface area contributed by atoms with Crippen LogP contribution in [0.4, 0.5) is 0 Å². The minimum Gasteiger partial charge on any atom is -0.279 e. The number of hydrogen-bond donors (Lipinski definition) is 0. The molecule has 21 heavy (non-hydrogen) atoms. The molecule has 0 spiro atoms. The first kappa shape index (κ1) is 14.6. The lowest BCUT2D eigenvalue weighted by atomic mass is 9.94. The molecule has 0 bridgehead atoms. The van der Waals surface area contributed by atoms with Crippen LogP contribution < -0.4 is 0 Å². The van der Waals surface area contributed by atoms with Crippen LogP contribution in [0.25, 0.3) is 0 Å². The largest absolute Gasteiger partial charge is 0.279 e. The number of carbonyl (C=O) groups excluding carboxylic acids is 2. The predicted octanol–water partition coefficient (Wildman–Crippen LogP) is 3.59. The molecule has 1 aliphatic carbocycles. The Hall–Kier alpha value is -1.35. The van der Waals surface area contributed by atoms with E-state index in [1.54, 1.807) is 4.90 Å². The number of benzene rings is 1. The van der Waals surface area contributed by atoms with E-state index in [1.165, 1.54) is 6.42 Å². The van der Waals surface area contributed by atoms with E-state index in [9.17, 15) is 9.59 Å². The lowest BCUT2D eigenvalue weighted by molar-refractivity contribution is -0.142. The van der Waals surface area contributed by atoms with Crippen LogP contribution in [0.1, 0.15) is 44.1 Å². The number of likely N-dealkylation sites (tertiary alicyclic amines) is 1. The van der Waals surface area contributed by atoms with Gasteiger partial charge in [0.1, 0.15) is 0 Å². The highest BCUT2D eigenvalue weighted by Crippen LogP contribution is 2.31. The second kappa shape index (κ2) is 6.18. The Balaban J connectivity index is 1.69. The maximum atomic E-state index is 12.6. The molecular weight excluding hydrogens is 286 g/mol. The molecule has 0 unspecified atom stereocenters. The molecule has 2 aliphatic rings. The third-order valence-electron chi connectivity index (χ3n) is 4.61. The predicted molar refractivity (Wildman–Crippen MR) is 82.0 cm³/mol. The molecular formula is C17H20ClNO2. The molecule has 1 aliphatic heterocycles. The van der Waals surface area contributed by atoms with Crippen LogP contribution >= 0.6 is 11.6 Å². The third kappa shape index (κ3) is 3.13. The van der Waals surface area contributed by atoms with Gasteiger partial charge < -0.3 is 0 Å². The van der Waals surface area contributed by atoms with Gasteiger partial charge in [0.25, 0.3) is 0 Å². The number of nitrogens with zero attached hydrogens (tertiary/aromatic N) is 1. The minimum absolute atomic E-state index is 0.0193. The Labute approximate surface area is 130 Å². The monoisotopic (exact) mass is 305 g/mol. The molecule has 1 aromatic rings. The quantitative estimate of drug-likeness (QED) is 0.800. The highest BCUT2D eigenvalue weighted by molar-refractivity contribution is 6.30. The van der Waals surface area contributed by atoms with Crippen molar-refractivity contribution in [2.24, 2.45) is 5.92 Å². The van der Waals surface area contributed by atoms with Crippen molar-refractivity contribution in [3.8, 4) is 0 Å². The number of halogens is 1. The van der Waals surface area contributed by atoms with Gasteiger partial charge in [0.15, 0.2) is 0 Å². The summed E-state index contributed by atoms with van der Waals surface area (Å²) in [6, 6.07) is 7.68. The Morgan fingerprint density at radius 1 is 1.05 bits per heavy atom. The zero-order valence-electron chi connectivity index (χ0n) is 12.1. The maximum Gasteiger partial charge on any atom is 0.233 e. The second-order valence-corrected chi connectivity index (χ2v) is 6.56. The summed E-state index contributed by atoms with van der Waals surface area (Å²) in [6.07, 6.45) is 6.42. The van der Waals surface area contributed by atoms with Crippen molar-refractivity contribution in [2.75, 3.05) is 0 Å². The fourth-order valence-electron chi connectivity index (χ4n) is 3.50. The summed E-state index contributed by atoms with van der Waals surface area (Å²) in [5.74, 6) is -0.145. The molecule has 1 aromatic carbocycles. The summed E-state index contributed by atoms with van der Waals surface area (Å²) in [5.41, 5.74) is 1.07. The molecule has 1 saturated carbocycles. The number of amides is 2. The van der Waals surface area contributed by atoms with Crippen LogP contribution in [0.3, 0.4) is 0 Å². The topological polar surface area (TPSA) is 37.4 Å². The van der Waals surface area contributed by atoms with Gasteiger partial charge in [-0.15, -0.1) is 0 Å². The molecule has 3 nitrogen and oxygen atoms in total. The van der Waals surface area contributed by atoms with E-state index in [1.807, 2.05) is 24.3 Å². The number of imide groups is 1. The first-order valence-corrected chi connectivity index (χ1v) is 8.13. The molecule has 2 fully saturated rings. The SMILES string of the molecule is O=C1C[C@H](Cc2ccc(Cl)cc2)C(=O)N1C1CCCCC1. The molecule has 0 N–H and O–H groups in total. The summed E-state index contributed by atoms with van der Waals surface area (Å²) in [5, 5.41) is 0.691. The first-order chi connectivity index (χ1) is 10.1. The maximum absolute atomic E-state index is 12.6. The molecule has 1 saturated heterocycles. The Kier molecular flexibility index (Phi) is 4.29. The molecule has 1 atom stereocenters. The van der Waals surface area contributed by atoms with Gasteiger partial charge in [-0.3, -0.25) is 14.5 Å². The molecule has 112 valence electrons. The van der Waals surface area contributed by atoms with Crippen molar-refractivity contribution in [3.63, 3.8) is 0 Å². The van der Waals surface area contributed by atoms with E-state index in [0.717, 1.165) is 31.2 Å². The van der Waals surface area contributed by atoms with Crippen LogP contribution in [0.2, 0.25) is 5.02 Å². The third-order valence-corrected chi connectivity index (χ3v) is 4.86. The van der Waals surface area contributed by atoms with E-state index in [2.05, 4.69) is 0 Å². The van der Waals surface area contributed by atoms with Gasteiger partial charge in [-0.05, 0) is 37.0 Å². The van der Waals surface area contributed by atoms with Crippen molar-refractivity contribution in [2.45, 2.75) is 51.0 Å². The lowest BCUT2D eigenvalue weighted by Gasteiger charge is -2.29. The van der Waals surface area contributed by atoms with Gasteiger partial charge >= 0.3 is 0 Å². The van der Waals surface area contributed by atoms with Gasteiger partial charge in [-0.1, -0.05) is 43.0 Å². The molecule has 1 heterocycles. The van der Waals surface area contributed by atoms with Crippen LogP contribution in [0, 0.1) is 5.92 Å². The Morgan fingerprint density at radius 3 is 2.38 bits per heavy atom. The number of rotatable bonds is 3. The second-order valence-electron chi connectivity index (χ2n) is 6.13. The zero-order valence-corrected chi connectivity index (χ0v) is 12.8. The average Bonchev–Trinajstić information content (AvgIpc) is 2.77. The molecule has 4 heteroatoms. The van der Waals surface area contributed by atoms with Gasteiger partial charge in [0.2, 0.25) is 11.8 Å². The highest BCUT2D eigenvalue weighted by atomic mass is 35.5. The number of hydrogen-bond acceptors (Lipinski definition) is 2. The van der Waals surface area contributed by atoms with Crippen molar-refractivity contribution in [1.29, 1.82) is 0 Å². The van der Waals surface area contributed by atoms with E-state index in [4.69, 9.17) is 11.6 Å². The fourth-order valence-corrected chi connectivity index (χ4v) is 3.63. The van der Waals surface area contributed by atoms with Crippen LogP contribution in [-0.4, -0.2) is 22.8 Å². The lowest BCUT2D eigenvalue weighted by Crippen LogP contribution is -2.41. The van der Waals surface area contributed by atoms with Crippen molar-refractivity contribution >= 4 is 23.4 Å². The fraction of sp³-hybridized carbons (Fsp3) is 0.529. The van der Waals surface area contributed by atoms with Gasteiger partial charge in [0, 0.05) is 17.5 Å². The van der Waals surface area contributed by atoms with Crippen LogP contribution in [-0.2, 0) is 16.0 Å². The number of carbonyl (C=O) groups is 2. The normalized spacial score (nSPS) is 23.9. The Morgan fingerprint density at radius 2 is 1.71 bits per heavy atom. The molecule has 2 amide bonds. The van der Waals surface area contributed by atoms with Gasteiger partial charge in [0.05, 0.1) is 5.92 Å². The summed E-state index contributed by atoms with van der Waals surface area (Å²) in [4.78, 5) is 26.4. The van der Waals surface area contributed by atoms with Gasteiger partial charge in [-0.25, -0.2) is 0 Å². The summed E-state index contributed by atoms with van der Waals surface area (Å²) in [7, 11) is 0. The minimum atomic E-state index is -0.194. The van der Waals surface area contributed by atoms with Crippen molar-refractivity contribution < 1.29 is 9.59 Å².